The first kappa shape index (κ1) is 28.6. The van der Waals surface area contributed by atoms with Crippen LogP contribution < -0.4 is 5.32 Å². The number of hydrogen-bond acceptors (Lipinski definition) is 6. The van der Waals surface area contributed by atoms with E-state index in [1.807, 2.05) is 44.4 Å². The molecule has 2 aromatic heterocycles. The number of halogens is 1. The molecule has 1 aliphatic rings. The molecule has 3 aromatic rings. The normalized spacial score (nSPS) is 18.7. The number of hydrogen-bond donors (Lipinski definition) is 1. The summed E-state index contributed by atoms with van der Waals surface area (Å²) < 4.78 is 28.0. The van der Waals surface area contributed by atoms with Crippen LogP contribution in [0.4, 0.5) is 4.39 Å². The maximum atomic E-state index is 13.7. The van der Waals surface area contributed by atoms with Crippen LogP contribution >= 0.6 is 0 Å². The number of Topliss-reactive ketones (excluding diaryl/α,β-unsaturated/α-hetero) is 1. The fraction of sp³-hybridized carbons (Fsp3) is 0.467. The molecule has 0 unspecified atom stereocenters. The minimum absolute atomic E-state index is 0.0108. The first-order valence-corrected chi connectivity index (χ1v) is 13.4. The third-order valence-corrected chi connectivity index (χ3v) is 6.66. The second-order valence-electron chi connectivity index (χ2n) is 10.8. The van der Waals surface area contributed by atoms with Crippen LogP contribution in [0.25, 0.3) is 11.4 Å². The Labute approximate surface area is 229 Å². The SMILES string of the molecule is CC(=O)C[C@H]1C[C@@H](CCn2c(-c3ccc(F)cc3)nc(C(=O)NCc3cccnc3)c2C(C)C)OC(C)(C)O1. The van der Waals surface area contributed by atoms with Gasteiger partial charge in [0.2, 0.25) is 0 Å². The number of aromatic nitrogens is 3. The first-order chi connectivity index (χ1) is 18.5. The quantitative estimate of drug-likeness (QED) is 0.372. The van der Waals surface area contributed by atoms with Crippen LogP contribution in [-0.2, 0) is 27.4 Å². The molecule has 1 aliphatic heterocycles. The first-order valence-electron chi connectivity index (χ1n) is 13.4. The van der Waals surface area contributed by atoms with Crippen molar-refractivity contribution in [3.63, 3.8) is 0 Å². The molecule has 4 rings (SSSR count). The van der Waals surface area contributed by atoms with Crippen LogP contribution in [0.3, 0.4) is 0 Å². The number of imidazole rings is 1. The van der Waals surface area contributed by atoms with Gasteiger partial charge in [-0.15, -0.1) is 0 Å². The third-order valence-electron chi connectivity index (χ3n) is 6.66. The van der Waals surface area contributed by atoms with E-state index in [1.54, 1.807) is 31.5 Å². The van der Waals surface area contributed by atoms with Gasteiger partial charge in [-0.2, -0.15) is 0 Å². The maximum Gasteiger partial charge on any atom is 0.272 e. The van der Waals surface area contributed by atoms with Gasteiger partial charge in [0.05, 0.1) is 17.9 Å². The van der Waals surface area contributed by atoms with E-state index < -0.39 is 5.79 Å². The standard InChI is InChI=1S/C30H37FN4O4/c1-19(2)27-26(29(37)33-18-21-7-6-13-32-17-21)34-28(22-8-10-23(31)11-9-22)35(27)14-12-24-16-25(15-20(3)36)39-30(4,5)38-24/h6-11,13,17,19,24-25H,12,14-16,18H2,1-5H3,(H,33,37)/t24-,25+/m1/s1. The number of rotatable bonds is 10. The largest absolute Gasteiger partial charge is 0.347 e. The Bertz CT molecular complexity index is 1290. The molecule has 39 heavy (non-hydrogen) atoms. The molecule has 1 N–H and O–H groups in total. The Kier molecular flexibility index (Phi) is 8.92. The van der Waals surface area contributed by atoms with Gasteiger partial charge in [-0.1, -0.05) is 19.9 Å². The zero-order valence-electron chi connectivity index (χ0n) is 23.2. The van der Waals surface area contributed by atoms with E-state index in [1.165, 1.54) is 12.1 Å². The summed E-state index contributed by atoms with van der Waals surface area (Å²) in [5.74, 6) is -0.774. The van der Waals surface area contributed by atoms with Crippen LogP contribution in [0.2, 0.25) is 0 Å². The molecule has 2 atom stereocenters. The predicted molar refractivity (Wildman–Crippen MR) is 145 cm³/mol. The van der Waals surface area contributed by atoms with Gasteiger partial charge in [0, 0.05) is 43.9 Å². The fourth-order valence-corrected chi connectivity index (χ4v) is 5.15. The van der Waals surface area contributed by atoms with Crippen LogP contribution in [0.5, 0.6) is 0 Å². The van der Waals surface area contributed by atoms with E-state index in [2.05, 4.69) is 10.3 Å². The second kappa shape index (κ2) is 12.2. The molecular formula is C30H37FN4O4. The number of nitrogens with zero attached hydrogens (tertiary/aromatic N) is 3. The average molecular weight is 537 g/mol. The van der Waals surface area contributed by atoms with Gasteiger partial charge < -0.3 is 19.4 Å². The number of ketones is 1. The highest BCUT2D eigenvalue weighted by atomic mass is 19.1. The van der Waals surface area contributed by atoms with Gasteiger partial charge in [-0.05, 0) is 69.0 Å². The predicted octanol–water partition coefficient (Wildman–Crippen LogP) is 5.42. The average Bonchev–Trinajstić information content (AvgIpc) is 3.26. The molecule has 0 radical (unpaired) electrons. The monoisotopic (exact) mass is 536 g/mol. The van der Waals surface area contributed by atoms with Crippen LogP contribution in [0.1, 0.15) is 81.5 Å². The lowest BCUT2D eigenvalue weighted by molar-refractivity contribution is -0.300. The van der Waals surface area contributed by atoms with Gasteiger partial charge in [0.15, 0.2) is 5.79 Å². The van der Waals surface area contributed by atoms with E-state index in [0.717, 1.165) is 11.3 Å². The summed E-state index contributed by atoms with van der Waals surface area (Å²) in [6, 6.07) is 9.85. The molecule has 1 amide bonds. The summed E-state index contributed by atoms with van der Waals surface area (Å²) in [4.78, 5) is 34.1. The Balaban J connectivity index is 1.64. The maximum absolute atomic E-state index is 13.7. The number of carbonyl (C=O) groups excluding carboxylic acids is 2. The van der Waals surface area contributed by atoms with Gasteiger partial charge in [0.1, 0.15) is 23.1 Å². The van der Waals surface area contributed by atoms with Crippen molar-refractivity contribution in [2.24, 2.45) is 0 Å². The molecule has 8 nitrogen and oxygen atoms in total. The molecular weight excluding hydrogens is 499 g/mol. The van der Waals surface area contributed by atoms with E-state index in [9.17, 15) is 14.0 Å². The van der Waals surface area contributed by atoms with Crippen molar-refractivity contribution in [1.82, 2.24) is 19.9 Å². The lowest BCUT2D eigenvalue weighted by Crippen LogP contribution is -2.45. The zero-order chi connectivity index (χ0) is 28.2. The van der Waals surface area contributed by atoms with E-state index in [-0.39, 0.29) is 35.6 Å². The zero-order valence-corrected chi connectivity index (χ0v) is 23.2. The summed E-state index contributed by atoms with van der Waals surface area (Å²) in [5.41, 5.74) is 2.74. The van der Waals surface area contributed by atoms with Crippen molar-refractivity contribution < 1.29 is 23.5 Å². The van der Waals surface area contributed by atoms with Gasteiger partial charge in [0.25, 0.3) is 5.91 Å². The lowest BCUT2D eigenvalue weighted by atomic mass is 10.0. The highest BCUT2D eigenvalue weighted by Crippen LogP contribution is 2.33. The molecule has 208 valence electrons. The summed E-state index contributed by atoms with van der Waals surface area (Å²) in [7, 11) is 0. The number of benzene rings is 1. The van der Waals surface area contributed by atoms with Crippen molar-refractivity contribution in [1.29, 1.82) is 0 Å². The molecule has 0 aliphatic carbocycles. The van der Waals surface area contributed by atoms with Gasteiger partial charge in [-0.25, -0.2) is 9.37 Å². The molecule has 1 aromatic carbocycles. The Morgan fingerprint density at radius 3 is 2.51 bits per heavy atom. The Morgan fingerprint density at radius 1 is 1.15 bits per heavy atom. The van der Waals surface area contributed by atoms with Gasteiger partial charge in [-0.3, -0.25) is 14.6 Å². The second-order valence-corrected chi connectivity index (χ2v) is 10.8. The van der Waals surface area contributed by atoms with Crippen molar-refractivity contribution in [3.8, 4) is 11.4 Å². The Morgan fingerprint density at radius 2 is 1.87 bits per heavy atom. The molecule has 0 saturated carbocycles. The minimum Gasteiger partial charge on any atom is -0.347 e. The summed E-state index contributed by atoms with van der Waals surface area (Å²) in [6.45, 7) is 10.2. The van der Waals surface area contributed by atoms with E-state index in [4.69, 9.17) is 14.5 Å². The molecule has 3 heterocycles. The smallest absolute Gasteiger partial charge is 0.272 e. The van der Waals surface area contributed by atoms with Gasteiger partial charge >= 0.3 is 0 Å². The number of nitrogens with one attached hydrogen (secondary N) is 1. The van der Waals surface area contributed by atoms with Crippen molar-refractivity contribution in [2.45, 2.75) is 90.9 Å². The molecule has 9 heteroatoms. The number of carbonyl (C=O) groups is 2. The molecule has 1 saturated heterocycles. The van der Waals surface area contributed by atoms with Crippen LogP contribution in [0.15, 0.2) is 48.8 Å². The summed E-state index contributed by atoms with van der Waals surface area (Å²) >= 11 is 0. The fourth-order valence-electron chi connectivity index (χ4n) is 5.15. The lowest BCUT2D eigenvalue weighted by Gasteiger charge is -2.41. The third kappa shape index (κ3) is 7.36. The molecule has 0 spiro atoms. The van der Waals surface area contributed by atoms with Crippen LogP contribution in [0, 0.1) is 5.82 Å². The van der Waals surface area contributed by atoms with Crippen LogP contribution in [-0.4, -0.2) is 44.2 Å². The molecule has 0 bridgehead atoms. The molecule has 1 fully saturated rings. The van der Waals surface area contributed by atoms with E-state index in [0.29, 0.717) is 49.4 Å². The highest BCUT2D eigenvalue weighted by Gasteiger charge is 2.36. The number of amides is 1. The highest BCUT2D eigenvalue weighted by molar-refractivity contribution is 5.94. The summed E-state index contributed by atoms with van der Waals surface area (Å²) in [5, 5.41) is 2.96. The topological polar surface area (TPSA) is 95.3 Å². The minimum atomic E-state index is -0.810. The van der Waals surface area contributed by atoms with E-state index >= 15 is 0 Å². The van der Waals surface area contributed by atoms with Crippen molar-refractivity contribution in [2.75, 3.05) is 0 Å². The number of pyridine rings is 1. The van der Waals surface area contributed by atoms with Crippen molar-refractivity contribution >= 4 is 11.7 Å². The number of ether oxygens (including phenoxy) is 2. The Hall–Kier alpha value is -3.43. The van der Waals surface area contributed by atoms with Crippen molar-refractivity contribution in [3.05, 3.63) is 71.6 Å². The summed E-state index contributed by atoms with van der Waals surface area (Å²) in [6.07, 6.45) is 4.60.